The predicted octanol–water partition coefficient (Wildman–Crippen LogP) is 3.01. The van der Waals surface area contributed by atoms with Crippen LogP contribution in [0.1, 0.15) is 17.2 Å². The SMILES string of the molecule is O[C@H](CSCc1ccccc1)[C@H](O)c1ccccc1. The number of hydrogen-bond acceptors (Lipinski definition) is 3. The minimum absolute atomic E-state index is 0.519. The lowest BCUT2D eigenvalue weighted by Crippen LogP contribution is -2.20. The molecule has 0 saturated carbocycles. The second-order valence-electron chi connectivity index (χ2n) is 4.42. The summed E-state index contributed by atoms with van der Waals surface area (Å²) in [5, 5.41) is 20.0. The summed E-state index contributed by atoms with van der Waals surface area (Å²) >= 11 is 1.63. The number of rotatable bonds is 6. The molecule has 2 atom stereocenters. The van der Waals surface area contributed by atoms with E-state index >= 15 is 0 Å². The summed E-state index contributed by atoms with van der Waals surface area (Å²) in [5.41, 5.74) is 1.99. The Kier molecular flexibility index (Phi) is 5.45. The highest BCUT2D eigenvalue weighted by Gasteiger charge is 2.17. The minimum Gasteiger partial charge on any atom is -0.389 e. The molecular formula is C16H18O2S. The Morgan fingerprint density at radius 3 is 2.05 bits per heavy atom. The second-order valence-corrected chi connectivity index (χ2v) is 5.45. The fraction of sp³-hybridized carbons (Fsp3) is 0.250. The van der Waals surface area contributed by atoms with Crippen molar-refractivity contribution in [3.63, 3.8) is 0 Å². The molecule has 0 aliphatic carbocycles. The molecular weight excluding hydrogens is 256 g/mol. The van der Waals surface area contributed by atoms with E-state index < -0.39 is 12.2 Å². The third kappa shape index (κ3) is 4.39. The standard InChI is InChI=1S/C16H18O2S/c17-15(16(18)14-9-5-2-6-10-14)12-19-11-13-7-3-1-4-8-13/h1-10,15-18H,11-12H2/t15-,16-/m1/s1. The van der Waals surface area contributed by atoms with Crippen LogP contribution in [0, 0.1) is 0 Å². The van der Waals surface area contributed by atoms with Crippen LogP contribution in [-0.2, 0) is 5.75 Å². The van der Waals surface area contributed by atoms with Gasteiger partial charge in [-0.15, -0.1) is 0 Å². The van der Waals surface area contributed by atoms with Crippen molar-refractivity contribution in [1.29, 1.82) is 0 Å². The number of thioether (sulfide) groups is 1. The quantitative estimate of drug-likeness (QED) is 0.850. The summed E-state index contributed by atoms with van der Waals surface area (Å²) in [5.74, 6) is 1.37. The highest BCUT2D eigenvalue weighted by atomic mass is 32.2. The maximum absolute atomic E-state index is 10.0. The van der Waals surface area contributed by atoms with Crippen LogP contribution in [0.5, 0.6) is 0 Å². The Morgan fingerprint density at radius 1 is 0.842 bits per heavy atom. The Balaban J connectivity index is 1.80. The van der Waals surface area contributed by atoms with E-state index in [9.17, 15) is 10.2 Å². The van der Waals surface area contributed by atoms with Crippen molar-refractivity contribution in [2.24, 2.45) is 0 Å². The van der Waals surface area contributed by atoms with Gasteiger partial charge in [-0.3, -0.25) is 0 Å². The Bertz CT molecular complexity index is 473. The van der Waals surface area contributed by atoms with Gasteiger partial charge in [0.05, 0.1) is 6.10 Å². The average Bonchev–Trinajstić information content (AvgIpc) is 2.48. The summed E-state index contributed by atoms with van der Waals surface area (Å²) in [4.78, 5) is 0. The van der Waals surface area contributed by atoms with E-state index in [0.717, 1.165) is 11.3 Å². The van der Waals surface area contributed by atoms with Crippen LogP contribution >= 0.6 is 11.8 Å². The second kappa shape index (κ2) is 7.34. The van der Waals surface area contributed by atoms with Gasteiger partial charge >= 0.3 is 0 Å². The van der Waals surface area contributed by atoms with Crippen LogP contribution in [-0.4, -0.2) is 22.1 Å². The van der Waals surface area contributed by atoms with Gasteiger partial charge in [0.1, 0.15) is 6.10 Å². The van der Waals surface area contributed by atoms with Crippen molar-refractivity contribution in [2.75, 3.05) is 5.75 Å². The number of aliphatic hydroxyl groups is 2. The van der Waals surface area contributed by atoms with E-state index in [0.29, 0.717) is 5.75 Å². The molecule has 2 aromatic rings. The van der Waals surface area contributed by atoms with Gasteiger partial charge in [0.15, 0.2) is 0 Å². The first-order valence-electron chi connectivity index (χ1n) is 6.30. The average molecular weight is 274 g/mol. The Hall–Kier alpha value is -1.29. The molecule has 0 aliphatic heterocycles. The molecule has 0 amide bonds. The minimum atomic E-state index is -0.815. The molecule has 0 aliphatic rings. The molecule has 0 spiro atoms. The molecule has 0 aromatic heterocycles. The van der Waals surface area contributed by atoms with Crippen molar-refractivity contribution >= 4 is 11.8 Å². The van der Waals surface area contributed by atoms with Gasteiger partial charge in [0.25, 0.3) is 0 Å². The van der Waals surface area contributed by atoms with Crippen molar-refractivity contribution in [1.82, 2.24) is 0 Å². The Morgan fingerprint density at radius 2 is 1.42 bits per heavy atom. The molecule has 2 rings (SSSR count). The maximum Gasteiger partial charge on any atom is 0.106 e. The number of aliphatic hydroxyl groups excluding tert-OH is 2. The van der Waals surface area contributed by atoms with Gasteiger partial charge in [-0.1, -0.05) is 60.7 Å². The summed E-state index contributed by atoms with van der Waals surface area (Å²) in [6.45, 7) is 0. The van der Waals surface area contributed by atoms with Gasteiger partial charge in [-0.2, -0.15) is 11.8 Å². The monoisotopic (exact) mass is 274 g/mol. The fourth-order valence-electron chi connectivity index (χ4n) is 1.84. The lowest BCUT2D eigenvalue weighted by molar-refractivity contribution is 0.0335. The first-order valence-corrected chi connectivity index (χ1v) is 7.45. The molecule has 2 N–H and O–H groups in total. The van der Waals surface area contributed by atoms with E-state index in [4.69, 9.17) is 0 Å². The van der Waals surface area contributed by atoms with Crippen molar-refractivity contribution < 1.29 is 10.2 Å². The molecule has 0 heterocycles. The normalized spacial score (nSPS) is 14.0. The zero-order chi connectivity index (χ0) is 13.5. The zero-order valence-electron chi connectivity index (χ0n) is 10.6. The van der Waals surface area contributed by atoms with Crippen molar-refractivity contribution in [3.05, 3.63) is 71.8 Å². The van der Waals surface area contributed by atoms with E-state index in [2.05, 4.69) is 12.1 Å². The summed E-state index contributed by atoms with van der Waals surface area (Å²) in [6.07, 6.45) is -1.56. The number of hydrogen-bond donors (Lipinski definition) is 2. The lowest BCUT2D eigenvalue weighted by Gasteiger charge is -2.17. The molecule has 0 saturated heterocycles. The molecule has 100 valence electrons. The van der Waals surface area contributed by atoms with Gasteiger partial charge in [0, 0.05) is 11.5 Å². The first-order chi connectivity index (χ1) is 9.27. The van der Waals surface area contributed by atoms with E-state index in [1.807, 2.05) is 48.5 Å². The molecule has 2 nitrogen and oxygen atoms in total. The first kappa shape index (κ1) is 14.1. The van der Waals surface area contributed by atoms with Crippen molar-refractivity contribution in [3.8, 4) is 0 Å². The van der Waals surface area contributed by atoms with Gasteiger partial charge < -0.3 is 10.2 Å². The molecule has 2 aromatic carbocycles. The predicted molar refractivity (Wildman–Crippen MR) is 80.0 cm³/mol. The highest BCUT2D eigenvalue weighted by Crippen LogP contribution is 2.21. The van der Waals surface area contributed by atoms with Crippen LogP contribution < -0.4 is 0 Å². The van der Waals surface area contributed by atoms with E-state index in [1.165, 1.54) is 5.56 Å². The van der Waals surface area contributed by atoms with Crippen LogP contribution in [0.4, 0.5) is 0 Å². The van der Waals surface area contributed by atoms with Gasteiger partial charge in [-0.05, 0) is 11.1 Å². The van der Waals surface area contributed by atoms with E-state index in [1.54, 1.807) is 11.8 Å². The third-order valence-corrected chi connectivity index (χ3v) is 4.02. The van der Waals surface area contributed by atoms with Crippen LogP contribution in [0.15, 0.2) is 60.7 Å². The molecule has 0 unspecified atom stereocenters. The lowest BCUT2D eigenvalue weighted by atomic mass is 10.1. The van der Waals surface area contributed by atoms with Gasteiger partial charge in [-0.25, -0.2) is 0 Å². The van der Waals surface area contributed by atoms with Crippen LogP contribution in [0.2, 0.25) is 0 Å². The topological polar surface area (TPSA) is 40.5 Å². The fourth-order valence-corrected chi connectivity index (χ4v) is 2.81. The van der Waals surface area contributed by atoms with Crippen LogP contribution in [0.25, 0.3) is 0 Å². The Labute approximate surface area is 118 Å². The van der Waals surface area contributed by atoms with Crippen LogP contribution in [0.3, 0.4) is 0 Å². The molecule has 19 heavy (non-hydrogen) atoms. The number of benzene rings is 2. The maximum atomic E-state index is 10.0. The molecule has 0 fully saturated rings. The zero-order valence-corrected chi connectivity index (χ0v) is 11.5. The van der Waals surface area contributed by atoms with Crippen molar-refractivity contribution in [2.45, 2.75) is 18.0 Å². The largest absolute Gasteiger partial charge is 0.389 e. The summed E-state index contributed by atoms with van der Waals surface area (Å²) < 4.78 is 0. The third-order valence-electron chi connectivity index (χ3n) is 2.91. The molecule has 3 heteroatoms. The summed E-state index contributed by atoms with van der Waals surface area (Å²) in [6, 6.07) is 19.4. The van der Waals surface area contributed by atoms with E-state index in [-0.39, 0.29) is 0 Å². The molecule has 0 bridgehead atoms. The highest BCUT2D eigenvalue weighted by molar-refractivity contribution is 7.98. The molecule has 0 radical (unpaired) electrons. The smallest absolute Gasteiger partial charge is 0.106 e. The van der Waals surface area contributed by atoms with Gasteiger partial charge in [0.2, 0.25) is 0 Å². The summed E-state index contributed by atoms with van der Waals surface area (Å²) in [7, 11) is 0.